The summed E-state index contributed by atoms with van der Waals surface area (Å²) >= 11 is 3.00. The molecule has 7 nitrogen and oxygen atoms in total. The smallest absolute Gasteiger partial charge is 0.322 e. The third-order valence-corrected chi connectivity index (χ3v) is 5.76. The molecule has 0 aliphatic rings. The summed E-state index contributed by atoms with van der Waals surface area (Å²) in [5.41, 5.74) is 0.0142. The van der Waals surface area contributed by atoms with Crippen LogP contribution in [-0.4, -0.2) is 20.4 Å². The number of carbonyl (C=O) groups is 1. The van der Waals surface area contributed by atoms with Crippen molar-refractivity contribution in [2.45, 2.75) is 13.5 Å². The molecule has 0 atom stereocenters. The van der Waals surface area contributed by atoms with Crippen molar-refractivity contribution in [2.75, 3.05) is 5.32 Å². The predicted molar refractivity (Wildman–Crippen MR) is 107 cm³/mol. The number of nitrogens with one attached hydrogen (secondary N) is 2. The van der Waals surface area contributed by atoms with Crippen LogP contribution in [0.15, 0.2) is 51.5 Å². The van der Waals surface area contributed by atoms with Gasteiger partial charge in [0.25, 0.3) is 11.5 Å². The van der Waals surface area contributed by atoms with Crippen LogP contribution in [-0.2, 0) is 6.54 Å². The number of aromatic amines is 1. The number of thiophene rings is 1. The maximum atomic E-state index is 12.6. The van der Waals surface area contributed by atoms with Crippen LogP contribution >= 0.6 is 22.7 Å². The molecule has 2 N–H and O–H groups in total. The number of aryl methyl sites for hydroxylation is 1. The topological polar surface area (TPSA) is 96.8 Å². The first kappa shape index (κ1) is 17.4. The van der Waals surface area contributed by atoms with E-state index in [0.29, 0.717) is 5.69 Å². The van der Waals surface area contributed by atoms with E-state index in [0.717, 1.165) is 30.9 Å². The first-order valence-corrected chi connectivity index (χ1v) is 9.74. The SMILES string of the molecule is Cc1nc2cc(NC(=O)c3c[nH]c(=O)n(Cc4cccs4)c3=O)ccc2s1. The highest BCUT2D eigenvalue weighted by atomic mass is 32.1. The zero-order chi connectivity index (χ0) is 19.0. The number of rotatable bonds is 4. The van der Waals surface area contributed by atoms with Crippen LogP contribution < -0.4 is 16.6 Å². The van der Waals surface area contributed by atoms with Crippen LogP contribution in [0.5, 0.6) is 0 Å². The maximum absolute atomic E-state index is 12.6. The monoisotopic (exact) mass is 398 g/mol. The van der Waals surface area contributed by atoms with Crippen molar-refractivity contribution >= 4 is 44.5 Å². The number of aromatic nitrogens is 3. The van der Waals surface area contributed by atoms with Crippen LogP contribution in [0.3, 0.4) is 0 Å². The Bertz CT molecular complexity index is 1250. The van der Waals surface area contributed by atoms with E-state index in [9.17, 15) is 14.4 Å². The van der Waals surface area contributed by atoms with Crippen molar-refractivity contribution in [2.24, 2.45) is 0 Å². The van der Waals surface area contributed by atoms with Gasteiger partial charge in [0.1, 0.15) is 5.56 Å². The molecule has 0 aliphatic carbocycles. The summed E-state index contributed by atoms with van der Waals surface area (Å²) in [6, 6.07) is 9.05. The Morgan fingerprint density at radius 3 is 2.93 bits per heavy atom. The van der Waals surface area contributed by atoms with Gasteiger partial charge in [-0.3, -0.25) is 14.2 Å². The van der Waals surface area contributed by atoms with Gasteiger partial charge in [-0.15, -0.1) is 22.7 Å². The first-order chi connectivity index (χ1) is 13.0. The molecule has 4 rings (SSSR count). The molecule has 4 aromatic rings. The molecule has 0 saturated carbocycles. The third-order valence-electron chi connectivity index (χ3n) is 3.95. The Hall–Kier alpha value is -3.04. The van der Waals surface area contributed by atoms with E-state index in [1.807, 2.05) is 30.5 Å². The minimum atomic E-state index is -0.629. The normalized spacial score (nSPS) is 11.0. The van der Waals surface area contributed by atoms with Crippen molar-refractivity contribution in [3.8, 4) is 0 Å². The van der Waals surface area contributed by atoms with Gasteiger partial charge in [-0.1, -0.05) is 6.07 Å². The minimum Gasteiger partial charge on any atom is -0.322 e. The average molecular weight is 398 g/mol. The molecule has 0 saturated heterocycles. The molecule has 1 aromatic carbocycles. The van der Waals surface area contributed by atoms with Gasteiger partial charge in [-0.2, -0.15) is 0 Å². The van der Waals surface area contributed by atoms with Crippen molar-refractivity contribution in [3.63, 3.8) is 0 Å². The molecule has 9 heteroatoms. The standard InChI is InChI=1S/C18H14N4O3S2/c1-10-20-14-7-11(4-5-15(14)27-10)21-16(23)13-8-19-18(25)22(17(13)24)9-12-3-2-6-26-12/h2-8H,9H2,1H3,(H,19,25)(H,21,23). The van der Waals surface area contributed by atoms with Crippen molar-refractivity contribution < 1.29 is 4.79 Å². The zero-order valence-electron chi connectivity index (χ0n) is 14.2. The predicted octanol–water partition coefficient (Wildman–Crippen LogP) is 2.82. The van der Waals surface area contributed by atoms with Gasteiger partial charge in [0.15, 0.2) is 0 Å². The lowest BCUT2D eigenvalue weighted by molar-refractivity contribution is 0.102. The highest BCUT2D eigenvalue weighted by Gasteiger charge is 2.16. The number of carbonyl (C=O) groups excluding carboxylic acids is 1. The molecular formula is C18H14N4O3S2. The van der Waals surface area contributed by atoms with Gasteiger partial charge in [0, 0.05) is 16.8 Å². The second kappa shape index (κ2) is 6.93. The molecule has 27 heavy (non-hydrogen) atoms. The average Bonchev–Trinajstić information content (AvgIpc) is 3.26. The Labute approximate surface area is 161 Å². The van der Waals surface area contributed by atoms with Crippen LogP contribution in [0.2, 0.25) is 0 Å². The first-order valence-electron chi connectivity index (χ1n) is 8.05. The highest BCUT2D eigenvalue weighted by Crippen LogP contribution is 2.24. The number of amides is 1. The van der Waals surface area contributed by atoms with Gasteiger partial charge < -0.3 is 10.3 Å². The molecule has 1 amide bonds. The number of H-pyrrole nitrogens is 1. The van der Waals surface area contributed by atoms with Crippen LogP contribution in [0.1, 0.15) is 20.2 Å². The Balaban J connectivity index is 1.64. The number of benzene rings is 1. The molecule has 0 unspecified atom stereocenters. The minimum absolute atomic E-state index is 0.122. The number of nitrogens with zero attached hydrogens (tertiary/aromatic N) is 2. The number of hydrogen-bond donors (Lipinski definition) is 2. The molecule has 136 valence electrons. The lowest BCUT2D eigenvalue weighted by Gasteiger charge is -2.07. The van der Waals surface area contributed by atoms with Crippen molar-refractivity contribution in [3.05, 3.63) is 78.2 Å². The van der Waals surface area contributed by atoms with E-state index in [1.54, 1.807) is 23.5 Å². The van der Waals surface area contributed by atoms with E-state index in [-0.39, 0.29) is 12.1 Å². The molecule has 0 spiro atoms. The second-order valence-electron chi connectivity index (χ2n) is 5.85. The largest absolute Gasteiger partial charge is 0.328 e. The van der Waals surface area contributed by atoms with E-state index < -0.39 is 17.2 Å². The fraction of sp³-hybridized carbons (Fsp3) is 0.111. The molecule has 0 bridgehead atoms. The fourth-order valence-electron chi connectivity index (χ4n) is 2.69. The Kier molecular flexibility index (Phi) is 4.46. The Morgan fingerprint density at radius 2 is 2.15 bits per heavy atom. The van der Waals surface area contributed by atoms with Crippen LogP contribution in [0, 0.1) is 6.92 Å². The number of thiazole rings is 1. The number of hydrogen-bond acceptors (Lipinski definition) is 6. The second-order valence-corrected chi connectivity index (χ2v) is 8.11. The van der Waals surface area contributed by atoms with E-state index in [1.165, 1.54) is 11.3 Å². The molecule has 3 heterocycles. The number of fused-ring (bicyclic) bond motifs is 1. The Morgan fingerprint density at radius 1 is 1.30 bits per heavy atom. The quantitative estimate of drug-likeness (QED) is 0.552. The summed E-state index contributed by atoms with van der Waals surface area (Å²) in [7, 11) is 0. The summed E-state index contributed by atoms with van der Waals surface area (Å²) in [6.45, 7) is 2.04. The molecular weight excluding hydrogens is 384 g/mol. The van der Waals surface area contributed by atoms with E-state index in [4.69, 9.17) is 0 Å². The zero-order valence-corrected chi connectivity index (χ0v) is 15.8. The van der Waals surface area contributed by atoms with Crippen molar-refractivity contribution in [1.29, 1.82) is 0 Å². The summed E-state index contributed by atoms with van der Waals surface area (Å²) < 4.78 is 2.04. The van der Waals surface area contributed by atoms with Gasteiger partial charge in [0.05, 0.1) is 21.8 Å². The molecule has 3 aromatic heterocycles. The lowest BCUT2D eigenvalue weighted by atomic mass is 10.2. The van der Waals surface area contributed by atoms with Gasteiger partial charge >= 0.3 is 5.69 Å². The number of anilines is 1. The van der Waals surface area contributed by atoms with E-state index >= 15 is 0 Å². The summed E-state index contributed by atoms with van der Waals surface area (Å²) in [4.78, 5) is 44.9. The van der Waals surface area contributed by atoms with Crippen LogP contribution in [0.4, 0.5) is 5.69 Å². The lowest BCUT2D eigenvalue weighted by Crippen LogP contribution is -2.39. The van der Waals surface area contributed by atoms with Gasteiger partial charge in [-0.05, 0) is 36.6 Å². The van der Waals surface area contributed by atoms with Gasteiger partial charge in [0.2, 0.25) is 0 Å². The van der Waals surface area contributed by atoms with Crippen molar-refractivity contribution in [1.82, 2.24) is 14.5 Å². The summed E-state index contributed by atoms with van der Waals surface area (Å²) in [6.07, 6.45) is 1.15. The summed E-state index contributed by atoms with van der Waals surface area (Å²) in [5, 5.41) is 5.50. The molecule has 0 aliphatic heterocycles. The molecule has 0 radical (unpaired) electrons. The molecule has 0 fully saturated rings. The van der Waals surface area contributed by atoms with E-state index in [2.05, 4.69) is 15.3 Å². The van der Waals surface area contributed by atoms with Crippen LogP contribution in [0.25, 0.3) is 10.2 Å². The third kappa shape index (κ3) is 3.46. The maximum Gasteiger partial charge on any atom is 0.328 e. The fourth-order valence-corrected chi connectivity index (χ4v) is 4.19. The highest BCUT2D eigenvalue weighted by molar-refractivity contribution is 7.18. The van der Waals surface area contributed by atoms with Gasteiger partial charge in [-0.25, -0.2) is 9.78 Å². The summed E-state index contributed by atoms with van der Waals surface area (Å²) in [5.74, 6) is -0.581.